The average Bonchev–Trinajstić information content (AvgIpc) is 2.80. The number of halogens is 2. The summed E-state index contributed by atoms with van der Waals surface area (Å²) in [6.45, 7) is 2.64. The first-order valence-electron chi connectivity index (χ1n) is 9.96. The number of nitrogens with zero attached hydrogens (tertiary/aromatic N) is 1. The van der Waals surface area contributed by atoms with Crippen molar-refractivity contribution in [2.45, 2.75) is 26.1 Å². The summed E-state index contributed by atoms with van der Waals surface area (Å²) >= 11 is 6.13. The van der Waals surface area contributed by atoms with Gasteiger partial charge in [0.05, 0.1) is 30.6 Å². The first kappa shape index (κ1) is 23.4. The fourth-order valence-corrected chi connectivity index (χ4v) is 3.33. The second-order valence-corrected chi connectivity index (χ2v) is 7.62. The molecular weight excluding hydrogens is 433 g/mol. The van der Waals surface area contributed by atoms with Gasteiger partial charge in [-0.3, -0.25) is 9.78 Å². The zero-order valence-electron chi connectivity index (χ0n) is 17.7. The van der Waals surface area contributed by atoms with E-state index in [1.165, 1.54) is 13.2 Å². The van der Waals surface area contributed by atoms with E-state index in [-0.39, 0.29) is 11.9 Å². The smallest absolute Gasteiger partial charge is 0.337 e. The number of ether oxygens (including phenoxy) is 1. The Bertz CT molecular complexity index is 1110. The number of nitrogens with one attached hydrogen (secondary N) is 2. The molecule has 0 aliphatic rings. The highest BCUT2D eigenvalue weighted by molar-refractivity contribution is 6.31. The summed E-state index contributed by atoms with van der Waals surface area (Å²) in [6, 6.07) is 14.6. The van der Waals surface area contributed by atoms with Crippen molar-refractivity contribution in [2.24, 2.45) is 0 Å². The molecule has 0 saturated heterocycles. The predicted octanol–water partition coefficient (Wildman–Crippen LogP) is 4.44. The van der Waals surface area contributed by atoms with Crippen LogP contribution in [0.2, 0.25) is 5.02 Å². The highest BCUT2D eigenvalue weighted by atomic mass is 35.5. The zero-order valence-corrected chi connectivity index (χ0v) is 18.4. The van der Waals surface area contributed by atoms with Crippen molar-refractivity contribution < 1.29 is 18.7 Å². The molecule has 3 aromatic rings. The third-order valence-corrected chi connectivity index (χ3v) is 5.12. The Balaban J connectivity index is 1.69. The number of hydrogen-bond acceptors (Lipinski definition) is 5. The van der Waals surface area contributed by atoms with Gasteiger partial charge in [-0.15, -0.1) is 0 Å². The normalized spacial score (nSPS) is 11.6. The van der Waals surface area contributed by atoms with Crippen LogP contribution in [0.1, 0.15) is 50.5 Å². The number of carbonyl (C=O) groups excluding carboxylic acids is 2. The number of rotatable bonds is 8. The van der Waals surface area contributed by atoms with Crippen LogP contribution in [-0.2, 0) is 17.8 Å². The van der Waals surface area contributed by atoms with Gasteiger partial charge in [0.25, 0.3) is 5.91 Å². The van der Waals surface area contributed by atoms with Crippen molar-refractivity contribution in [2.75, 3.05) is 7.11 Å². The van der Waals surface area contributed by atoms with E-state index < -0.39 is 11.8 Å². The number of pyridine rings is 1. The summed E-state index contributed by atoms with van der Waals surface area (Å²) in [4.78, 5) is 28.8. The van der Waals surface area contributed by atoms with Crippen LogP contribution < -0.4 is 10.6 Å². The van der Waals surface area contributed by atoms with Crippen molar-refractivity contribution in [3.8, 4) is 0 Å². The number of benzene rings is 2. The first-order valence-corrected chi connectivity index (χ1v) is 10.3. The van der Waals surface area contributed by atoms with Crippen LogP contribution in [-0.4, -0.2) is 24.0 Å². The zero-order chi connectivity index (χ0) is 23.1. The number of hydrogen-bond donors (Lipinski definition) is 2. The SMILES string of the molecule is COC(=O)c1cccc([C@H](C)NC(=O)c2cc(Cl)ccc2CNCc2ccc(F)cn2)c1. The second-order valence-electron chi connectivity index (χ2n) is 7.18. The maximum absolute atomic E-state index is 13.0. The Morgan fingerprint density at radius 2 is 1.94 bits per heavy atom. The van der Waals surface area contributed by atoms with E-state index in [2.05, 4.69) is 15.6 Å². The first-order chi connectivity index (χ1) is 15.4. The fourth-order valence-electron chi connectivity index (χ4n) is 3.16. The molecule has 0 radical (unpaired) electrons. The molecule has 1 atom stereocenters. The van der Waals surface area contributed by atoms with Crippen molar-refractivity contribution >= 4 is 23.5 Å². The van der Waals surface area contributed by atoms with Gasteiger partial charge in [0, 0.05) is 23.7 Å². The molecule has 1 amide bonds. The Labute approximate surface area is 190 Å². The van der Waals surface area contributed by atoms with Crippen LogP contribution in [0.5, 0.6) is 0 Å². The maximum Gasteiger partial charge on any atom is 0.337 e. The number of carbonyl (C=O) groups is 2. The van der Waals surface area contributed by atoms with Crippen LogP contribution >= 0.6 is 11.6 Å². The highest BCUT2D eigenvalue weighted by Gasteiger charge is 2.17. The minimum absolute atomic E-state index is 0.292. The van der Waals surface area contributed by atoms with Gasteiger partial charge in [-0.2, -0.15) is 0 Å². The van der Waals surface area contributed by atoms with E-state index in [1.807, 2.05) is 13.0 Å². The summed E-state index contributed by atoms with van der Waals surface area (Å²) < 4.78 is 17.8. The quantitative estimate of drug-likeness (QED) is 0.491. The van der Waals surface area contributed by atoms with Gasteiger partial charge in [-0.05, 0) is 54.4 Å². The Morgan fingerprint density at radius 1 is 1.12 bits per heavy atom. The summed E-state index contributed by atoms with van der Waals surface area (Å²) in [5, 5.41) is 6.60. The molecule has 0 spiro atoms. The van der Waals surface area contributed by atoms with E-state index in [9.17, 15) is 14.0 Å². The van der Waals surface area contributed by atoms with Gasteiger partial charge in [0.15, 0.2) is 0 Å². The van der Waals surface area contributed by atoms with Crippen LogP contribution in [0.3, 0.4) is 0 Å². The Kier molecular flexibility index (Phi) is 7.92. The minimum atomic E-state index is -0.441. The van der Waals surface area contributed by atoms with Crippen LogP contribution in [0.25, 0.3) is 0 Å². The van der Waals surface area contributed by atoms with Gasteiger partial charge in [0.1, 0.15) is 5.82 Å². The van der Waals surface area contributed by atoms with Crippen LogP contribution in [0, 0.1) is 5.82 Å². The average molecular weight is 456 g/mol. The van der Waals surface area contributed by atoms with Crippen molar-refractivity contribution in [1.82, 2.24) is 15.6 Å². The van der Waals surface area contributed by atoms with Crippen molar-refractivity contribution in [3.05, 3.63) is 99.6 Å². The second kappa shape index (κ2) is 10.8. The van der Waals surface area contributed by atoms with Gasteiger partial charge < -0.3 is 15.4 Å². The molecule has 32 heavy (non-hydrogen) atoms. The van der Waals surface area contributed by atoms with Crippen molar-refractivity contribution in [3.63, 3.8) is 0 Å². The molecule has 0 aliphatic carbocycles. The third-order valence-electron chi connectivity index (χ3n) is 4.88. The molecule has 0 aliphatic heterocycles. The predicted molar refractivity (Wildman–Crippen MR) is 120 cm³/mol. The molecule has 0 unspecified atom stereocenters. The molecule has 3 rings (SSSR count). The van der Waals surface area contributed by atoms with E-state index in [0.29, 0.717) is 34.9 Å². The molecule has 1 heterocycles. The van der Waals surface area contributed by atoms with Gasteiger partial charge >= 0.3 is 5.97 Å². The van der Waals surface area contributed by atoms with Crippen LogP contribution in [0.15, 0.2) is 60.8 Å². The van der Waals surface area contributed by atoms with Gasteiger partial charge in [-0.25, -0.2) is 9.18 Å². The largest absolute Gasteiger partial charge is 0.465 e. The summed E-state index contributed by atoms with van der Waals surface area (Å²) in [6.07, 6.45) is 1.16. The number of amides is 1. The van der Waals surface area contributed by atoms with E-state index in [1.54, 1.807) is 42.5 Å². The lowest BCUT2D eigenvalue weighted by Gasteiger charge is -2.17. The van der Waals surface area contributed by atoms with E-state index >= 15 is 0 Å². The van der Waals surface area contributed by atoms with E-state index in [0.717, 1.165) is 17.3 Å². The van der Waals surface area contributed by atoms with Crippen molar-refractivity contribution in [1.29, 1.82) is 0 Å². The Hall–Kier alpha value is -3.29. The molecule has 0 fully saturated rings. The van der Waals surface area contributed by atoms with Crippen LogP contribution in [0.4, 0.5) is 4.39 Å². The third kappa shape index (κ3) is 6.12. The highest BCUT2D eigenvalue weighted by Crippen LogP contribution is 2.20. The molecule has 2 aromatic carbocycles. The topological polar surface area (TPSA) is 80.3 Å². The molecule has 1 aromatic heterocycles. The van der Waals surface area contributed by atoms with E-state index in [4.69, 9.17) is 16.3 Å². The van der Waals surface area contributed by atoms with Gasteiger partial charge in [0.2, 0.25) is 0 Å². The lowest BCUT2D eigenvalue weighted by atomic mass is 10.0. The lowest BCUT2D eigenvalue weighted by Crippen LogP contribution is -2.28. The number of esters is 1. The molecule has 0 saturated carbocycles. The number of methoxy groups -OCH3 is 1. The minimum Gasteiger partial charge on any atom is -0.465 e. The molecule has 6 nitrogen and oxygen atoms in total. The Morgan fingerprint density at radius 3 is 2.66 bits per heavy atom. The number of aromatic nitrogens is 1. The molecule has 166 valence electrons. The maximum atomic E-state index is 13.0. The molecule has 2 N–H and O–H groups in total. The molecule has 8 heteroatoms. The molecule has 0 bridgehead atoms. The monoisotopic (exact) mass is 455 g/mol. The summed E-state index contributed by atoms with van der Waals surface area (Å²) in [5.41, 5.74) is 3.06. The standard InChI is InChI=1S/C24H23ClFN3O3/c1-15(16-4-3-5-17(10-16)24(31)32-2)29-23(30)22-11-19(25)7-6-18(22)12-27-14-21-9-8-20(26)13-28-21/h3-11,13,15,27H,12,14H2,1-2H3,(H,29,30)/t15-/m0/s1. The summed E-state index contributed by atoms with van der Waals surface area (Å²) in [5.74, 6) is -1.12. The molecular formula is C24H23ClFN3O3. The summed E-state index contributed by atoms with van der Waals surface area (Å²) in [7, 11) is 1.32. The van der Waals surface area contributed by atoms with Gasteiger partial charge in [-0.1, -0.05) is 29.8 Å². The lowest BCUT2D eigenvalue weighted by molar-refractivity contribution is 0.0600. The fraction of sp³-hybridized carbons (Fsp3) is 0.208.